The minimum atomic E-state index is -0.426. The highest BCUT2D eigenvalue weighted by atomic mass is 35.5. The first-order valence-electron chi connectivity index (χ1n) is 8.62. The molecular formula is C19H21ClN4O3. The van der Waals surface area contributed by atoms with Crippen LogP contribution in [0, 0.1) is 10.1 Å². The van der Waals surface area contributed by atoms with Crippen molar-refractivity contribution in [3.63, 3.8) is 0 Å². The molecule has 1 aliphatic rings. The fourth-order valence-electron chi connectivity index (χ4n) is 3.15. The van der Waals surface area contributed by atoms with Gasteiger partial charge in [-0.3, -0.25) is 14.9 Å². The van der Waals surface area contributed by atoms with Crippen molar-refractivity contribution in [1.82, 2.24) is 4.90 Å². The largest absolute Gasteiger partial charge is 0.378 e. The number of benzene rings is 2. The zero-order valence-electron chi connectivity index (χ0n) is 15.3. The lowest BCUT2D eigenvalue weighted by Gasteiger charge is -2.35. The first-order chi connectivity index (χ1) is 12.9. The van der Waals surface area contributed by atoms with Crippen molar-refractivity contribution in [3.8, 4) is 0 Å². The second-order valence-electron chi connectivity index (χ2n) is 6.61. The fraction of sp³-hybridized carbons (Fsp3) is 0.316. The molecule has 7 nitrogen and oxygen atoms in total. The van der Waals surface area contributed by atoms with Crippen LogP contribution in [-0.4, -0.2) is 56.0 Å². The number of anilines is 2. The third-order valence-electron chi connectivity index (χ3n) is 4.67. The molecule has 142 valence electrons. The predicted octanol–water partition coefficient (Wildman–Crippen LogP) is 3.28. The van der Waals surface area contributed by atoms with E-state index in [9.17, 15) is 14.9 Å². The van der Waals surface area contributed by atoms with Crippen molar-refractivity contribution in [2.24, 2.45) is 0 Å². The minimum absolute atomic E-state index is 0.0125. The Morgan fingerprint density at radius 2 is 1.70 bits per heavy atom. The van der Waals surface area contributed by atoms with Gasteiger partial charge in [0.1, 0.15) is 5.69 Å². The van der Waals surface area contributed by atoms with Gasteiger partial charge in [-0.2, -0.15) is 0 Å². The van der Waals surface area contributed by atoms with E-state index in [0.717, 1.165) is 5.69 Å². The van der Waals surface area contributed by atoms with E-state index >= 15 is 0 Å². The number of hydrogen-bond acceptors (Lipinski definition) is 5. The van der Waals surface area contributed by atoms with Gasteiger partial charge >= 0.3 is 0 Å². The van der Waals surface area contributed by atoms with Crippen molar-refractivity contribution in [2.45, 2.75) is 0 Å². The van der Waals surface area contributed by atoms with E-state index in [2.05, 4.69) is 0 Å². The smallest absolute Gasteiger partial charge is 0.294 e. The van der Waals surface area contributed by atoms with Crippen molar-refractivity contribution in [3.05, 3.63) is 63.2 Å². The van der Waals surface area contributed by atoms with Gasteiger partial charge in [0.15, 0.2) is 0 Å². The Kier molecular flexibility index (Phi) is 5.51. The average molecular weight is 389 g/mol. The van der Waals surface area contributed by atoms with Crippen molar-refractivity contribution in [2.75, 3.05) is 50.1 Å². The summed E-state index contributed by atoms with van der Waals surface area (Å²) in [6, 6.07) is 12.2. The van der Waals surface area contributed by atoms with Crippen LogP contribution >= 0.6 is 11.6 Å². The number of halogens is 1. The topological polar surface area (TPSA) is 69.9 Å². The van der Waals surface area contributed by atoms with Crippen LogP contribution in [-0.2, 0) is 0 Å². The van der Waals surface area contributed by atoms with E-state index in [1.54, 1.807) is 17.0 Å². The molecule has 8 heteroatoms. The molecule has 1 heterocycles. The van der Waals surface area contributed by atoms with E-state index in [-0.39, 0.29) is 11.6 Å². The average Bonchev–Trinajstić information content (AvgIpc) is 2.67. The van der Waals surface area contributed by atoms with Gasteiger partial charge < -0.3 is 14.7 Å². The molecule has 0 radical (unpaired) electrons. The molecule has 0 atom stereocenters. The standard InChI is InChI=1S/C19H21ClN4O3/c1-21(2)16-6-3-14(4-7-16)19(25)23-11-9-22(10-12-23)17-8-5-15(20)13-18(17)24(26)27/h3-8,13H,9-12H2,1-2H3. The first-order valence-corrected chi connectivity index (χ1v) is 9.00. The van der Waals surface area contributed by atoms with Gasteiger partial charge in [0.05, 0.1) is 4.92 Å². The Morgan fingerprint density at radius 3 is 2.26 bits per heavy atom. The molecule has 0 bridgehead atoms. The monoisotopic (exact) mass is 388 g/mol. The van der Waals surface area contributed by atoms with Crippen LogP contribution in [0.4, 0.5) is 17.1 Å². The number of piperazine rings is 1. The van der Waals surface area contributed by atoms with Crippen LogP contribution < -0.4 is 9.80 Å². The summed E-state index contributed by atoms with van der Waals surface area (Å²) in [6.07, 6.45) is 0. The molecule has 0 unspecified atom stereocenters. The Balaban J connectivity index is 1.68. The number of rotatable bonds is 4. The van der Waals surface area contributed by atoms with Crippen molar-refractivity contribution >= 4 is 34.6 Å². The molecule has 1 saturated heterocycles. The Hall–Kier alpha value is -2.80. The summed E-state index contributed by atoms with van der Waals surface area (Å²) in [5.74, 6) is -0.0226. The van der Waals surface area contributed by atoms with E-state index in [1.807, 2.05) is 48.2 Å². The van der Waals surface area contributed by atoms with E-state index in [0.29, 0.717) is 42.5 Å². The summed E-state index contributed by atoms with van der Waals surface area (Å²) in [6.45, 7) is 2.08. The lowest BCUT2D eigenvalue weighted by molar-refractivity contribution is -0.384. The van der Waals surface area contributed by atoms with Crippen LogP contribution in [0.25, 0.3) is 0 Å². The van der Waals surface area contributed by atoms with E-state index in [1.165, 1.54) is 6.07 Å². The Bertz CT molecular complexity index is 847. The van der Waals surface area contributed by atoms with Crippen LogP contribution in [0.3, 0.4) is 0 Å². The first kappa shape index (κ1) is 19.0. The highest BCUT2D eigenvalue weighted by Gasteiger charge is 2.26. The molecule has 2 aromatic carbocycles. The lowest BCUT2D eigenvalue weighted by atomic mass is 10.1. The maximum Gasteiger partial charge on any atom is 0.294 e. The van der Waals surface area contributed by atoms with E-state index < -0.39 is 4.92 Å². The summed E-state index contributed by atoms with van der Waals surface area (Å²) >= 11 is 5.88. The summed E-state index contributed by atoms with van der Waals surface area (Å²) in [4.78, 5) is 29.3. The second-order valence-corrected chi connectivity index (χ2v) is 7.05. The van der Waals surface area contributed by atoms with Crippen LogP contribution in [0.5, 0.6) is 0 Å². The zero-order chi connectivity index (χ0) is 19.6. The van der Waals surface area contributed by atoms with Gasteiger partial charge in [0.2, 0.25) is 0 Å². The van der Waals surface area contributed by atoms with Crippen LogP contribution in [0.1, 0.15) is 10.4 Å². The molecule has 3 rings (SSSR count). The van der Waals surface area contributed by atoms with Crippen molar-refractivity contribution in [1.29, 1.82) is 0 Å². The minimum Gasteiger partial charge on any atom is -0.378 e. The molecule has 0 N–H and O–H groups in total. The third kappa shape index (κ3) is 4.14. The molecule has 0 saturated carbocycles. The number of hydrogen-bond donors (Lipinski definition) is 0. The SMILES string of the molecule is CN(C)c1ccc(C(=O)N2CCN(c3ccc(Cl)cc3[N+](=O)[O-])CC2)cc1. The van der Waals surface area contributed by atoms with Gasteiger partial charge in [-0.05, 0) is 36.4 Å². The zero-order valence-corrected chi connectivity index (χ0v) is 16.0. The quantitative estimate of drug-likeness (QED) is 0.593. The molecule has 0 aromatic heterocycles. The fourth-order valence-corrected chi connectivity index (χ4v) is 3.31. The second kappa shape index (κ2) is 7.84. The highest BCUT2D eigenvalue weighted by Crippen LogP contribution is 2.31. The normalized spacial score (nSPS) is 14.2. The predicted molar refractivity (Wildman–Crippen MR) is 107 cm³/mol. The maximum atomic E-state index is 12.7. The number of nitro groups is 1. The number of nitrogens with zero attached hydrogens (tertiary/aromatic N) is 4. The molecule has 0 aliphatic carbocycles. The van der Waals surface area contributed by atoms with Crippen LogP contribution in [0.2, 0.25) is 5.02 Å². The highest BCUT2D eigenvalue weighted by molar-refractivity contribution is 6.30. The Morgan fingerprint density at radius 1 is 1.07 bits per heavy atom. The molecule has 0 spiro atoms. The number of amides is 1. The summed E-state index contributed by atoms with van der Waals surface area (Å²) in [5.41, 5.74) is 2.20. The maximum absolute atomic E-state index is 12.7. The summed E-state index contributed by atoms with van der Waals surface area (Å²) in [7, 11) is 3.90. The Labute approximate surface area is 162 Å². The summed E-state index contributed by atoms with van der Waals surface area (Å²) in [5, 5.41) is 11.6. The van der Waals surface area contributed by atoms with Crippen LogP contribution in [0.15, 0.2) is 42.5 Å². The lowest BCUT2D eigenvalue weighted by Crippen LogP contribution is -2.49. The van der Waals surface area contributed by atoms with Gasteiger partial charge in [0, 0.05) is 62.6 Å². The van der Waals surface area contributed by atoms with Crippen molar-refractivity contribution < 1.29 is 9.72 Å². The molecular weight excluding hydrogens is 368 g/mol. The van der Waals surface area contributed by atoms with Gasteiger partial charge in [0.25, 0.3) is 11.6 Å². The number of nitro benzene ring substituents is 1. The number of carbonyl (C=O) groups is 1. The van der Waals surface area contributed by atoms with Gasteiger partial charge in [-0.25, -0.2) is 0 Å². The van der Waals surface area contributed by atoms with E-state index in [4.69, 9.17) is 11.6 Å². The number of carbonyl (C=O) groups excluding carboxylic acids is 1. The molecule has 2 aromatic rings. The molecule has 1 amide bonds. The summed E-state index contributed by atoms with van der Waals surface area (Å²) < 4.78 is 0. The van der Waals surface area contributed by atoms with Gasteiger partial charge in [-0.1, -0.05) is 11.6 Å². The third-order valence-corrected chi connectivity index (χ3v) is 4.91. The molecule has 1 fully saturated rings. The van der Waals surface area contributed by atoms with Gasteiger partial charge in [-0.15, -0.1) is 0 Å². The molecule has 27 heavy (non-hydrogen) atoms. The molecule has 1 aliphatic heterocycles.